The molecular weight excluding hydrogens is 458 g/mol. The first-order valence-corrected chi connectivity index (χ1v) is 12.8. The largest absolute Gasteiger partial charge is 0.376 e. The van der Waals surface area contributed by atoms with Gasteiger partial charge >= 0.3 is 5.69 Å². The summed E-state index contributed by atoms with van der Waals surface area (Å²) in [6, 6.07) is 9.40. The number of nitrogens with zero attached hydrogens (tertiary/aromatic N) is 3. The molecule has 4 rings (SSSR count). The number of amides is 1. The lowest BCUT2D eigenvalue weighted by molar-refractivity contribution is -0.384. The molecule has 2 aromatic heterocycles. The summed E-state index contributed by atoms with van der Waals surface area (Å²) >= 11 is 0. The summed E-state index contributed by atoms with van der Waals surface area (Å²) in [6.45, 7) is 2.66. The number of benzene rings is 1. The van der Waals surface area contributed by atoms with Gasteiger partial charge < -0.3 is 10.6 Å². The van der Waals surface area contributed by atoms with Crippen LogP contribution in [0.4, 0.5) is 11.4 Å². The number of anilines is 1. The number of fused-ring (bicyclic) bond motifs is 1. The van der Waals surface area contributed by atoms with Gasteiger partial charge in [-0.3, -0.25) is 14.9 Å². The Morgan fingerprint density at radius 3 is 2.53 bits per heavy atom. The van der Waals surface area contributed by atoms with Crippen molar-refractivity contribution < 1.29 is 18.1 Å². The van der Waals surface area contributed by atoms with E-state index in [-0.39, 0.29) is 39.8 Å². The van der Waals surface area contributed by atoms with Crippen LogP contribution in [-0.2, 0) is 14.8 Å². The highest BCUT2D eigenvalue weighted by Gasteiger charge is 2.30. The summed E-state index contributed by atoms with van der Waals surface area (Å²) < 4.78 is 27.3. The standard InChI is InChI=1S/C23H27N5O5S/c1-2-13-24-23(29)16-8-10-17(11-9-16)26-21-19-12-14-27(22(19)25-15-20(21)28(30)31)34(32,33)18-6-4-3-5-7-18/h3-7,12,14-17H,2,8-11,13H2,1H3,(H,24,29)(H,25,26). The lowest BCUT2D eigenvalue weighted by Crippen LogP contribution is -2.36. The van der Waals surface area contributed by atoms with Gasteiger partial charge in [-0.05, 0) is 50.3 Å². The number of pyridine rings is 1. The average molecular weight is 486 g/mol. The Bertz CT molecular complexity index is 1300. The zero-order chi connectivity index (χ0) is 24.3. The van der Waals surface area contributed by atoms with Gasteiger partial charge in [-0.15, -0.1) is 0 Å². The van der Waals surface area contributed by atoms with Gasteiger partial charge in [0, 0.05) is 24.7 Å². The third kappa shape index (κ3) is 4.60. The molecule has 0 saturated heterocycles. The quantitative estimate of drug-likeness (QED) is 0.367. The molecule has 3 aromatic rings. The number of rotatable bonds is 8. The first kappa shape index (κ1) is 23.7. The van der Waals surface area contributed by atoms with E-state index in [4.69, 9.17) is 0 Å². The van der Waals surface area contributed by atoms with Crippen LogP contribution in [0.3, 0.4) is 0 Å². The van der Waals surface area contributed by atoms with Crippen molar-refractivity contribution >= 4 is 38.3 Å². The van der Waals surface area contributed by atoms with E-state index in [0.717, 1.165) is 16.6 Å². The van der Waals surface area contributed by atoms with Gasteiger partial charge in [0.15, 0.2) is 5.65 Å². The predicted octanol–water partition coefficient (Wildman–Crippen LogP) is 3.68. The van der Waals surface area contributed by atoms with Crippen LogP contribution in [0, 0.1) is 16.0 Å². The van der Waals surface area contributed by atoms with E-state index < -0.39 is 14.9 Å². The monoisotopic (exact) mass is 485 g/mol. The van der Waals surface area contributed by atoms with Gasteiger partial charge in [0.2, 0.25) is 5.91 Å². The molecular formula is C23H27N5O5S. The highest BCUT2D eigenvalue weighted by molar-refractivity contribution is 7.90. The van der Waals surface area contributed by atoms with E-state index in [9.17, 15) is 23.3 Å². The first-order chi connectivity index (χ1) is 16.3. The molecule has 34 heavy (non-hydrogen) atoms. The zero-order valence-electron chi connectivity index (χ0n) is 18.8. The summed E-state index contributed by atoms with van der Waals surface area (Å²) in [5.74, 6) is -0.00470. The summed E-state index contributed by atoms with van der Waals surface area (Å²) in [5, 5.41) is 18.3. The van der Waals surface area contributed by atoms with Crippen molar-refractivity contribution in [2.24, 2.45) is 5.92 Å². The second-order valence-electron chi connectivity index (χ2n) is 8.43. The Hall–Kier alpha value is -3.47. The Balaban J connectivity index is 1.62. The van der Waals surface area contributed by atoms with E-state index in [0.29, 0.717) is 37.6 Å². The molecule has 10 nitrogen and oxygen atoms in total. The van der Waals surface area contributed by atoms with Gasteiger partial charge in [0.25, 0.3) is 10.0 Å². The maximum Gasteiger partial charge on any atom is 0.311 e. The molecule has 0 bridgehead atoms. The van der Waals surface area contributed by atoms with Gasteiger partial charge in [0.05, 0.1) is 15.2 Å². The van der Waals surface area contributed by atoms with Crippen LogP contribution >= 0.6 is 0 Å². The summed E-state index contributed by atoms with van der Waals surface area (Å²) in [7, 11) is -3.92. The minimum Gasteiger partial charge on any atom is -0.376 e. The van der Waals surface area contributed by atoms with E-state index in [2.05, 4.69) is 15.6 Å². The molecule has 2 heterocycles. The van der Waals surface area contributed by atoms with Crippen molar-refractivity contribution in [1.82, 2.24) is 14.3 Å². The molecule has 1 aliphatic carbocycles. The van der Waals surface area contributed by atoms with Crippen LogP contribution in [0.25, 0.3) is 11.0 Å². The van der Waals surface area contributed by atoms with E-state index in [1.165, 1.54) is 24.4 Å². The maximum atomic E-state index is 13.1. The summed E-state index contributed by atoms with van der Waals surface area (Å²) in [6.07, 6.45) is 6.04. The van der Waals surface area contributed by atoms with Crippen molar-refractivity contribution in [2.45, 2.75) is 50.0 Å². The number of hydrogen-bond acceptors (Lipinski definition) is 7. The number of carbonyl (C=O) groups is 1. The van der Waals surface area contributed by atoms with Crippen molar-refractivity contribution in [2.75, 3.05) is 11.9 Å². The van der Waals surface area contributed by atoms with Crippen molar-refractivity contribution in [3.8, 4) is 0 Å². The Morgan fingerprint density at radius 1 is 1.18 bits per heavy atom. The van der Waals surface area contributed by atoms with E-state index >= 15 is 0 Å². The smallest absolute Gasteiger partial charge is 0.311 e. The fraction of sp³-hybridized carbons (Fsp3) is 0.391. The van der Waals surface area contributed by atoms with Crippen LogP contribution < -0.4 is 10.6 Å². The maximum absolute atomic E-state index is 13.1. The molecule has 2 N–H and O–H groups in total. The van der Waals surface area contributed by atoms with Crippen LogP contribution in [0.1, 0.15) is 39.0 Å². The van der Waals surface area contributed by atoms with E-state index in [1.54, 1.807) is 18.2 Å². The Kier molecular flexibility index (Phi) is 6.82. The van der Waals surface area contributed by atoms with E-state index in [1.807, 2.05) is 6.92 Å². The number of nitro groups is 1. The lowest BCUT2D eigenvalue weighted by Gasteiger charge is -2.29. The number of carbonyl (C=O) groups excluding carboxylic acids is 1. The number of hydrogen-bond donors (Lipinski definition) is 2. The molecule has 0 atom stereocenters. The second-order valence-corrected chi connectivity index (χ2v) is 10.2. The van der Waals surface area contributed by atoms with Crippen molar-refractivity contribution in [1.29, 1.82) is 0 Å². The highest BCUT2D eigenvalue weighted by atomic mass is 32.2. The van der Waals surface area contributed by atoms with Gasteiger partial charge in [-0.1, -0.05) is 25.1 Å². The molecule has 1 fully saturated rings. The minimum absolute atomic E-state index is 0.0563. The normalized spacial score (nSPS) is 18.5. The fourth-order valence-electron chi connectivity index (χ4n) is 4.34. The van der Waals surface area contributed by atoms with Gasteiger partial charge in [-0.25, -0.2) is 17.4 Å². The minimum atomic E-state index is -3.92. The van der Waals surface area contributed by atoms with Crippen LogP contribution in [0.15, 0.2) is 53.7 Å². The molecule has 1 aromatic carbocycles. The fourth-order valence-corrected chi connectivity index (χ4v) is 5.66. The molecule has 1 amide bonds. The van der Waals surface area contributed by atoms with Crippen LogP contribution in [0.2, 0.25) is 0 Å². The average Bonchev–Trinajstić information content (AvgIpc) is 3.29. The topological polar surface area (TPSA) is 136 Å². The lowest BCUT2D eigenvalue weighted by atomic mass is 9.85. The van der Waals surface area contributed by atoms with Gasteiger partial charge in [-0.2, -0.15) is 0 Å². The zero-order valence-corrected chi connectivity index (χ0v) is 19.6. The molecule has 1 saturated carbocycles. The highest BCUT2D eigenvalue weighted by Crippen LogP contribution is 2.36. The SMILES string of the molecule is CCCNC(=O)C1CCC(Nc2c([N+](=O)[O-])cnc3c2ccn3S(=O)(=O)c2ccccc2)CC1. The third-order valence-electron chi connectivity index (χ3n) is 6.15. The second kappa shape index (κ2) is 9.80. The molecule has 0 spiro atoms. The Morgan fingerprint density at radius 2 is 1.88 bits per heavy atom. The van der Waals surface area contributed by atoms with Crippen LogP contribution in [-0.4, -0.2) is 40.8 Å². The number of nitrogens with one attached hydrogen (secondary N) is 2. The molecule has 1 aliphatic rings. The predicted molar refractivity (Wildman–Crippen MR) is 128 cm³/mol. The molecule has 0 unspecified atom stereocenters. The van der Waals surface area contributed by atoms with Crippen LogP contribution in [0.5, 0.6) is 0 Å². The summed E-state index contributed by atoms with van der Waals surface area (Å²) in [4.78, 5) is 27.7. The first-order valence-electron chi connectivity index (χ1n) is 11.3. The van der Waals surface area contributed by atoms with Crippen molar-refractivity contribution in [3.63, 3.8) is 0 Å². The molecule has 0 aliphatic heterocycles. The molecule has 0 radical (unpaired) electrons. The Labute approximate surface area is 197 Å². The van der Waals surface area contributed by atoms with Crippen molar-refractivity contribution in [3.05, 3.63) is 58.9 Å². The summed E-state index contributed by atoms with van der Waals surface area (Å²) in [5.41, 5.74) is 0.144. The third-order valence-corrected chi connectivity index (χ3v) is 7.83. The molecule has 180 valence electrons. The van der Waals surface area contributed by atoms with Gasteiger partial charge in [0.1, 0.15) is 11.9 Å². The molecule has 11 heteroatoms. The number of aromatic nitrogens is 2.